The predicted octanol–water partition coefficient (Wildman–Crippen LogP) is 3.90. The van der Waals surface area contributed by atoms with Crippen LogP contribution in [0.15, 0.2) is 41.5 Å². The van der Waals surface area contributed by atoms with E-state index in [0.717, 1.165) is 23.4 Å². The molecule has 2 aromatic carbocycles. The molecular formula is C16H15F2N3S. The minimum Gasteiger partial charge on any atom is -0.331 e. The molecule has 114 valence electrons. The normalized spacial score (nSPS) is 10.7. The molecule has 0 atom stereocenters. The summed E-state index contributed by atoms with van der Waals surface area (Å²) in [6.07, 6.45) is 1.36. The molecule has 2 rings (SSSR count). The maximum atomic E-state index is 13.0. The molecule has 0 amide bonds. The summed E-state index contributed by atoms with van der Waals surface area (Å²) in [5, 5.41) is 7.18. The van der Waals surface area contributed by atoms with E-state index in [-0.39, 0.29) is 0 Å². The fourth-order valence-electron chi connectivity index (χ4n) is 1.74. The number of nitrogens with one attached hydrogen (secondary N) is 2. The summed E-state index contributed by atoms with van der Waals surface area (Å²) in [5.74, 6) is -1.81. The van der Waals surface area contributed by atoms with Crippen molar-refractivity contribution in [2.45, 2.75) is 13.8 Å². The van der Waals surface area contributed by atoms with E-state index < -0.39 is 11.6 Å². The van der Waals surface area contributed by atoms with Gasteiger partial charge in [0.1, 0.15) is 0 Å². The molecule has 2 N–H and O–H groups in total. The van der Waals surface area contributed by atoms with Crippen LogP contribution in [0, 0.1) is 25.5 Å². The van der Waals surface area contributed by atoms with Gasteiger partial charge in [0.25, 0.3) is 0 Å². The Morgan fingerprint density at radius 3 is 2.50 bits per heavy atom. The van der Waals surface area contributed by atoms with Crippen molar-refractivity contribution < 1.29 is 8.78 Å². The van der Waals surface area contributed by atoms with E-state index in [2.05, 4.69) is 15.8 Å². The minimum absolute atomic E-state index is 0.307. The molecule has 3 nitrogen and oxygen atoms in total. The largest absolute Gasteiger partial charge is 0.331 e. The minimum atomic E-state index is -0.917. The van der Waals surface area contributed by atoms with Crippen molar-refractivity contribution in [3.8, 4) is 0 Å². The number of anilines is 1. The van der Waals surface area contributed by atoms with Crippen LogP contribution in [0.3, 0.4) is 0 Å². The van der Waals surface area contributed by atoms with Gasteiger partial charge in [0.15, 0.2) is 16.7 Å². The zero-order chi connectivity index (χ0) is 16.1. The molecule has 0 saturated carbocycles. The highest BCUT2D eigenvalue weighted by Gasteiger charge is 2.01. The molecular weight excluding hydrogens is 304 g/mol. The molecule has 0 unspecified atom stereocenters. The van der Waals surface area contributed by atoms with Crippen molar-refractivity contribution in [2.24, 2.45) is 5.10 Å². The molecule has 22 heavy (non-hydrogen) atoms. The first kappa shape index (κ1) is 16.0. The number of halogens is 2. The number of hydrazone groups is 1. The first-order valence-corrected chi connectivity index (χ1v) is 6.99. The average Bonchev–Trinajstić information content (AvgIpc) is 2.47. The summed E-state index contributed by atoms with van der Waals surface area (Å²) in [7, 11) is 0. The molecule has 0 spiro atoms. The van der Waals surface area contributed by atoms with Gasteiger partial charge in [-0.25, -0.2) is 8.78 Å². The lowest BCUT2D eigenvalue weighted by atomic mass is 10.1. The molecule has 0 aliphatic heterocycles. The molecule has 0 heterocycles. The summed E-state index contributed by atoms with van der Waals surface area (Å²) >= 11 is 5.10. The lowest BCUT2D eigenvalue weighted by Crippen LogP contribution is -2.23. The second-order valence-electron chi connectivity index (χ2n) is 4.80. The third kappa shape index (κ3) is 4.33. The Morgan fingerprint density at radius 1 is 1.05 bits per heavy atom. The molecule has 0 saturated heterocycles. The quantitative estimate of drug-likeness (QED) is 0.512. The van der Waals surface area contributed by atoms with Gasteiger partial charge in [-0.3, -0.25) is 5.43 Å². The molecule has 0 radical (unpaired) electrons. The van der Waals surface area contributed by atoms with E-state index in [0.29, 0.717) is 10.7 Å². The van der Waals surface area contributed by atoms with Crippen molar-refractivity contribution in [2.75, 3.05) is 5.32 Å². The summed E-state index contributed by atoms with van der Waals surface area (Å²) < 4.78 is 25.8. The average molecular weight is 319 g/mol. The highest BCUT2D eigenvalue weighted by atomic mass is 32.1. The van der Waals surface area contributed by atoms with Gasteiger partial charge in [-0.15, -0.1) is 0 Å². The van der Waals surface area contributed by atoms with Crippen molar-refractivity contribution in [1.82, 2.24) is 5.43 Å². The number of thiocarbonyl (C=S) groups is 1. The van der Waals surface area contributed by atoms with E-state index in [1.807, 2.05) is 32.0 Å². The van der Waals surface area contributed by atoms with Crippen LogP contribution >= 0.6 is 12.2 Å². The maximum Gasteiger partial charge on any atom is 0.191 e. The number of hydrogen-bond donors (Lipinski definition) is 2. The van der Waals surface area contributed by atoms with E-state index >= 15 is 0 Å². The van der Waals surface area contributed by atoms with E-state index in [1.54, 1.807) is 0 Å². The molecule has 2 aromatic rings. The van der Waals surface area contributed by atoms with Gasteiger partial charge in [0.2, 0.25) is 0 Å². The van der Waals surface area contributed by atoms with Crippen LogP contribution < -0.4 is 10.7 Å². The van der Waals surface area contributed by atoms with Crippen LogP contribution in [-0.2, 0) is 0 Å². The molecule has 0 fully saturated rings. The summed E-state index contributed by atoms with van der Waals surface area (Å²) in [6, 6.07) is 9.40. The smallest absolute Gasteiger partial charge is 0.191 e. The van der Waals surface area contributed by atoms with Crippen LogP contribution in [-0.4, -0.2) is 11.3 Å². The Labute approximate surface area is 133 Å². The number of hydrogen-bond acceptors (Lipinski definition) is 2. The Balaban J connectivity index is 1.93. The number of nitrogens with zero attached hydrogens (tertiary/aromatic N) is 1. The lowest BCUT2D eigenvalue weighted by molar-refractivity contribution is 0.508. The van der Waals surface area contributed by atoms with E-state index in [4.69, 9.17) is 12.2 Å². The summed E-state index contributed by atoms with van der Waals surface area (Å²) in [4.78, 5) is 0. The topological polar surface area (TPSA) is 36.4 Å². The maximum absolute atomic E-state index is 13.0. The Morgan fingerprint density at radius 2 is 1.82 bits per heavy atom. The van der Waals surface area contributed by atoms with Crippen LogP contribution in [0.2, 0.25) is 0 Å². The number of rotatable bonds is 3. The van der Waals surface area contributed by atoms with Gasteiger partial charge in [-0.1, -0.05) is 12.1 Å². The zero-order valence-electron chi connectivity index (χ0n) is 12.2. The Hall–Kier alpha value is -2.34. The third-order valence-corrected chi connectivity index (χ3v) is 3.28. The third-order valence-electron chi connectivity index (χ3n) is 3.09. The summed E-state index contributed by atoms with van der Waals surface area (Å²) in [5.41, 5.74) is 6.25. The predicted molar refractivity (Wildman–Crippen MR) is 89.2 cm³/mol. The molecule has 0 aromatic heterocycles. The van der Waals surface area contributed by atoms with Crippen LogP contribution in [0.25, 0.3) is 0 Å². The van der Waals surface area contributed by atoms with E-state index in [1.165, 1.54) is 17.8 Å². The van der Waals surface area contributed by atoms with Crippen LogP contribution in [0.5, 0.6) is 0 Å². The number of aryl methyl sites for hydroxylation is 2. The summed E-state index contributed by atoms with van der Waals surface area (Å²) in [6.45, 7) is 4.04. The number of benzene rings is 2. The van der Waals surface area contributed by atoms with Gasteiger partial charge in [0, 0.05) is 5.69 Å². The van der Waals surface area contributed by atoms with Gasteiger partial charge in [-0.2, -0.15) is 5.10 Å². The van der Waals surface area contributed by atoms with Crippen molar-refractivity contribution in [3.05, 3.63) is 64.7 Å². The molecule has 6 heteroatoms. The zero-order valence-corrected chi connectivity index (χ0v) is 13.0. The Kier molecular flexibility index (Phi) is 5.16. The molecule has 0 aliphatic carbocycles. The van der Waals surface area contributed by atoms with Gasteiger partial charge >= 0.3 is 0 Å². The fourth-order valence-corrected chi connectivity index (χ4v) is 1.91. The first-order chi connectivity index (χ1) is 10.5. The van der Waals surface area contributed by atoms with Crippen molar-refractivity contribution >= 4 is 29.2 Å². The van der Waals surface area contributed by atoms with Crippen LogP contribution in [0.4, 0.5) is 14.5 Å². The lowest BCUT2D eigenvalue weighted by Gasteiger charge is -2.08. The highest BCUT2D eigenvalue weighted by Crippen LogP contribution is 2.13. The second kappa shape index (κ2) is 7.09. The first-order valence-electron chi connectivity index (χ1n) is 6.58. The van der Waals surface area contributed by atoms with Crippen LogP contribution in [0.1, 0.15) is 16.7 Å². The fraction of sp³-hybridized carbons (Fsp3) is 0.125. The molecule has 0 aliphatic rings. The van der Waals surface area contributed by atoms with E-state index in [9.17, 15) is 8.78 Å². The second-order valence-corrected chi connectivity index (χ2v) is 5.20. The van der Waals surface area contributed by atoms with Gasteiger partial charge in [-0.05, 0) is 67.0 Å². The monoisotopic (exact) mass is 319 g/mol. The van der Waals surface area contributed by atoms with Gasteiger partial charge in [0.05, 0.1) is 6.21 Å². The molecule has 0 bridgehead atoms. The Bertz CT molecular complexity index is 729. The van der Waals surface area contributed by atoms with Crippen molar-refractivity contribution in [1.29, 1.82) is 0 Å². The van der Waals surface area contributed by atoms with Crippen molar-refractivity contribution in [3.63, 3.8) is 0 Å². The van der Waals surface area contributed by atoms with Gasteiger partial charge < -0.3 is 5.32 Å². The standard InChI is InChI=1S/C16H15F2N3S/c1-10-3-5-13(7-11(10)2)20-16(22)21-19-9-12-4-6-14(17)15(18)8-12/h3-9H,1-2H3,(H2,20,21,22)/b19-9+. The highest BCUT2D eigenvalue weighted by molar-refractivity contribution is 7.80. The SMILES string of the molecule is Cc1ccc(NC(=S)N/N=C/c2ccc(F)c(F)c2)cc1C.